The molecule has 0 N–H and O–H groups in total. The Morgan fingerprint density at radius 1 is 1.00 bits per heavy atom. The third-order valence-electron chi connectivity index (χ3n) is 3.72. The van der Waals surface area contributed by atoms with Crippen LogP contribution in [-0.4, -0.2) is 17.4 Å². The van der Waals surface area contributed by atoms with Crippen molar-refractivity contribution in [2.24, 2.45) is 9.98 Å². The van der Waals surface area contributed by atoms with Gasteiger partial charge in [-0.2, -0.15) is 0 Å². The number of fused-ring (bicyclic) bond motifs is 1. The van der Waals surface area contributed by atoms with Crippen molar-refractivity contribution in [2.45, 2.75) is 20.8 Å². The second-order valence-corrected chi connectivity index (χ2v) is 5.79. The second-order valence-electron chi connectivity index (χ2n) is 5.79. The van der Waals surface area contributed by atoms with E-state index < -0.39 is 0 Å². The van der Waals surface area contributed by atoms with Gasteiger partial charge in [0.15, 0.2) is 0 Å². The highest BCUT2D eigenvalue weighted by molar-refractivity contribution is 5.89. The second kappa shape index (κ2) is 6.13. The van der Waals surface area contributed by atoms with Crippen molar-refractivity contribution in [3.05, 3.63) is 54.2 Å². The number of benzene rings is 2. The molecule has 3 aromatic rings. The zero-order valence-electron chi connectivity index (χ0n) is 13.7. The van der Waals surface area contributed by atoms with Gasteiger partial charge < -0.3 is 0 Å². The predicted octanol–water partition coefficient (Wildman–Crippen LogP) is 5.65. The van der Waals surface area contributed by atoms with Gasteiger partial charge in [-0.1, -0.05) is 12.1 Å². The first-order valence-corrected chi connectivity index (χ1v) is 7.57. The van der Waals surface area contributed by atoms with Gasteiger partial charge >= 0.3 is 0 Å². The SMILES string of the molecule is C=Nc1cc(-c2cc(C)c3ncccc3c2)ccc1N=C(C)C. The van der Waals surface area contributed by atoms with Gasteiger partial charge in [0.05, 0.1) is 16.9 Å². The summed E-state index contributed by atoms with van der Waals surface area (Å²) in [6.07, 6.45) is 1.83. The fraction of sp³-hybridized carbons (Fsp3) is 0.150. The van der Waals surface area contributed by atoms with Crippen molar-refractivity contribution >= 4 is 34.7 Å². The third-order valence-corrected chi connectivity index (χ3v) is 3.72. The molecule has 0 saturated carbocycles. The Balaban J connectivity index is 2.15. The van der Waals surface area contributed by atoms with E-state index >= 15 is 0 Å². The van der Waals surface area contributed by atoms with E-state index in [1.807, 2.05) is 38.2 Å². The van der Waals surface area contributed by atoms with Crippen molar-refractivity contribution in [3.63, 3.8) is 0 Å². The minimum atomic E-state index is 0.799. The maximum atomic E-state index is 4.51. The Bertz CT molecular complexity index is 919. The fourth-order valence-electron chi connectivity index (χ4n) is 2.71. The van der Waals surface area contributed by atoms with Crippen LogP contribution in [0.15, 0.2) is 58.6 Å². The molecule has 0 unspecified atom stereocenters. The number of nitrogens with zero attached hydrogens (tertiary/aromatic N) is 3. The van der Waals surface area contributed by atoms with Crippen molar-refractivity contribution in [1.82, 2.24) is 4.98 Å². The van der Waals surface area contributed by atoms with Gasteiger partial charge in [-0.3, -0.25) is 15.0 Å². The van der Waals surface area contributed by atoms with Crippen LogP contribution >= 0.6 is 0 Å². The lowest BCUT2D eigenvalue weighted by Crippen LogP contribution is -1.86. The molecular weight excluding hydrogens is 282 g/mol. The average molecular weight is 301 g/mol. The molecule has 23 heavy (non-hydrogen) atoms. The number of aromatic nitrogens is 1. The molecule has 0 aliphatic rings. The summed E-state index contributed by atoms with van der Waals surface area (Å²) >= 11 is 0. The zero-order valence-corrected chi connectivity index (χ0v) is 13.7. The van der Waals surface area contributed by atoms with Crippen LogP contribution in [0.25, 0.3) is 22.0 Å². The molecule has 3 rings (SSSR count). The maximum absolute atomic E-state index is 4.51. The third kappa shape index (κ3) is 3.04. The van der Waals surface area contributed by atoms with Crippen LogP contribution in [0.2, 0.25) is 0 Å². The largest absolute Gasteiger partial charge is 0.262 e. The van der Waals surface area contributed by atoms with E-state index in [1.165, 1.54) is 0 Å². The highest BCUT2D eigenvalue weighted by Crippen LogP contribution is 2.34. The van der Waals surface area contributed by atoms with Gasteiger partial charge in [0.1, 0.15) is 0 Å². The van der Waals surface area contributed by atoms with Crippen LogP contribution in [0.3, 0.4) is 0 Å². The highest BCUT2D eigenvalue weighted by Gasteiger charge is 2.07. The number of hydrogen-bond donors (Lipinski definition) is 0. The summed E-state index contributed by atoms with van der Waals surface area (Å²) in [5.41, 5.74) is 7.11. The lowest BCUT2D eigenvalue weighted by molar-refractivity contribution is 1.36. The van der Waals surface area contributed by atoms with Crippen molar-refractivity contribution in [2.75, 3.05) is 0 Å². The molecule has 2 aromatic carbocycles. The van der Waals surface area contributed by atoms with Crippen LogP contribution in [0.5, 0.6) is 0 Å². The predicted molar refractivity (Wildman–Crippen MR) is 99.6 cm³/mol. The number of rotatable bonds is 3. The first kappa shape index (κ1) is 15.1. The Morgan fingerprint density at radius 3 is 2.57 bits per heavy atom. The molecule has 0 fully saturated rings. The van der Waals surface area contributed by atoms with E-state index in [4.69, 9.17) is 0 Å². The molecular formula is C20H19N3. The summed E-state index contributed by atoms with van der Waals surface area (Å²) in [7, 11) is 0. The highest BCUT2D eigenvalue weighted by atomic mass is 14.8. The minimum Gasteiger partial charge on any atom is -0.262 e. The molecule has 1 heterocycles. The Kier molecular flexibility index (Phi) is 4.02. The van der Waals surface area contributed by atoms with E-state index in [9.17, 15) is 0 Å². The normalized spacial score (nSPS) is 10.6. The standard InChI is InChI=1S/C20H19N3/c1-13(2)23-18-8-7-15(12-19(18)21-4)17-10-14(3)20-16(11-17)6-5-9-22-20/h5-12H,4H2,1-3H3. The molecule has 0 spiro atoms. The minimum absolute atomic E-state index is 0.799. The number of aliphatic imine (C=N–C) groups is 2. The Morgan fingerprint density at radius 2 is 1.83 bits per heavy atom. The van der Waals surface area contributed by atoms with Gasteiger partial charge in [0, 0.05) is 17.3 Å². The Hall–Kier alpha value is -2.81. The summed E-state index contributed by atoms with van der Waals surface area (Å²) in [5.74, 6) is 0. The summed E-state index contributed by atoms with van der Waals surface area (Å²) in [6.45, 7) is 9.71. The molecule has 0 atom stereocenters. The number of pyridine rings is 1. The summed E-state index contributed by atoms with van der Waals surface area (Å²) in [5, 5.41) is 1.14. The van der Waals surface area contributed by atoms with Crippen LogP contribution in [0.4, 0.5) is 11.4 Å². The fourth-order valence-corrected chi connectivity index (χ4v) is 2.71. The lowest BCUT2D eigenvalue weighted by atomic mass is 9.99. The van der Waals surface area contributed by atoms with E-state index in [2.05, 4.69) is 52.9 Å². The van der Waals surface area contributed by atoms with Crippen molar-refractivity contribution < 1.29 is 0 Å². The molecule has 0 aliphatic carbocycles. The monoisotopic (exact) mass is 301 g/mol. The van der Waals surface area contributed by atoms with Crippen LogP contribution in [0, 0.1) is 6.92 Å². The first-order valence-electron chi connectivity index (χ1n) is 7.57. The van der Waals surface area contributed by atoms with Gasteiger partial charge in [-0.15, -0.1) is 0 Å². The van der Waals surface area contributed by atoms with Crippen molar-refractivity contribution in [3.8, 4) is 11.1 Å². The lowest BCUT2D eigenvalue weighted by Gasteiger charge is -2.09. The van der Waals surface area contributed by atoms with Gasteiger partial charge in [0.2, 0.25) is 0 Å². The van der Waals surface area contributed by atoms with E-state index in [0.717, 1.165) is 44.7 Å². The van der Waals surface area contributed by atoms with Crippen LogP contribution in [-0.2, 0) is 0 Å². The van der Waals surface area contributed by atoms with Crippen LogP contribution < -0.4 is 0 Å². The van der Waals surface area contributed by atoms with E-state index in [1.54, 1.807) is 0 Å². The average Bonchev–Trinajstić information content (AvgIpc) is 2.54. The molecule has 0 bridgehead atoms. The maximum Gasteiger partial charge on any atom is 0.0885 e. The molecule has 0 saturated heterocycles. The smallest absolute Gasteiger partial charge is 0.0885 e. The molecule has 0 radical (unpaired) electrons. The van der Waals surface area contributed by atoms with E-state index in [-0.39, 0.29) is 0 Å². The summed E-state index contributed by atoms with van der Waals surface area (Å²) < 4.78 is 0. The molecule has 0 amide bonds. The molecule has 1 aromatic heterocycles. The van der Waals surface area contributed by atoms with Gasteiger partial charge in [-0.25, -0.2) is 0 Å². The Labute approximate surface area is 136 Å². The molecule has 3 heteroatoms. The summed E-state index contributed by atoms with van der Waals surface area (Å²) in [4.78, 5) is 13.1. The first-order chi connectivity index (χ1) is 11.1. The van der Waals surface area contributed by atoms with Crippen molar-refractivity contribution in [1.29, 1.82) is 0 Å². The van der Waals surface area contributed by atoms with Gasteiger partial charge in [-0.05, 0) is 74.5 Å². The van der Waals surface area contributed by atoms with Gasteiger partial charge in [0.25, 0.3) is 0 Å². The van der Waals surface area contributed by atoms with Crippen LogP contribution in [0.1, 0.15) is 19.4 Å². The number of hydrogen-bond acceptors (Lipinski definition) is 3. The molecule has 114 valence electrons. The topological polar surface area (TPSA) is 37.6 Å². The quantitative estimate of drug-likeness (QED) is 0.575. The zero-order chi connectivity index (χ0) is 16.4. The van der Waals surface area contributed by atoms with E-state index in [0.29, 0.717) is 0 Å². The molecule has 0 aliphatic heterocycles. The molecule has 3 nitrogen and oxygen atoms in total. The number of aryl methyl sites for hydroxylation is 1. The summed E-state index contributed by atoms with van der Waals surface area (Å²) in [6, 6.07) is 14.5.